The highest BCUT2D eigenvalue weighted by Gasteiger charge is 2.27. The van der Waals surface area contributed by atoms with Crippen LogP contribution in [0.5, 0.6) is 0 Å². The molecule has 0 aromatic carbocycles. The van der Waals surface area contributed by atoms with Crippen molar-refractivity contribution in [3.8, 4) is 0 Å². The van der Waals surface area contributed by atoms with Gasteiger partial charge in [-0.1, -0.05) is 13.8 Å². The van der Waals surface area contributed by atoms with Gasteiger partial charge in [0.05, 0.1) is 9.54 Å². The Labute approximate surface area is 103 Å². The van der Waals surface area contributed by atoms with Crippen molar-refractivity contribution in [1.29, 1.82) is 0 Å². The smallest absolute Gasteiger partial charge is 0.188 e. The van der Waals surface area contributed by atoms with Crippen LogP contribution in [0.4, 0.5) is 0 Å². The second kappa shape index (κ2) is 4.53. The maximum Gasteiger partial charge on any atom is 0.188 e. The molecule has 2 N–H and O–H groups in total. The molecule has 0 amide bonds. The van der Waals surface area contributed by atoms with E-state index in [1.54, 1.807) is 12.1 Å². The Morgan fingerprint density at radius 1 is 1.47 bits per heavy atom. The van der Waals surface area contributed by atoms with Gasteiger partial charge in [-0.05, 0) is 40.0 Å². The number of hydrogen-bond acceptors (Lipinski definition) is 4. The van der Waals surface area contributed by atoms with Gasteiger partial charge in [0.1, 0.15) is 4.21 Å². The quantitative estimate of drug-likeness (QED) is 0.928. The number of nitrogens with two attached hydrogens (primary N) is 1. The van der Waals surface area contributed by atoms with Crippen LogP contribution in [0.3, 0.4) is 0 Å². The minimum Gasteiger partial charge on any atom is -0.330 e. The molecule has 0 bridgehead atoms. The molecule has 0 aliphatic rings. The molecule has 1 rings (SSSR count). The van der Waals surface area contributed by atoms with Crippen molar-refractivity contribution >= 4 is 37.1 Å². The normalized spacial score (nSPS) is 13.1. The van der Waals surface area contributed by atoms with E-state index >= 15 is 0 Å². The minimum atomic E-state index is -3.20. The number of thiophene rings is 1. The molecule has 6 heteroatoms. The molecule has 0 saturated carbocycles. The monoisotopic (exact) mass is 311 g/mol. The highest BCUT2D eigenvalue weighted by molar-refractivity contribution is 9.11. The van der Waals surface area contributed by atoms with Crippen molar-refractivity contribution in [3.05, 3.63) is 15.9 Å². The number of rotatable bonds is 4. The SMILES string of the molecule is CC(C)(CN)CS(=O)(=O)c1ccc(Br)s1. The maximum absolute atomic E-state index is 12.0. The zero-order valence-electron chi connectivity index (χ0n) is 8.66. The molecule has 0 radical (unpaired) electrons. The summed E-state index contributed by atoms with van der Waals surface area (Å²) in [6.07, 6.45) is 0. The van der Waals surface area contributed by atoms with Crippen LogP contribution in [-0.2, 0) is 9.84 Å². The summed E-state index contributed by atoms with van der Waals surface area (Å²) < 4.78 is 25.1. The minimum absolute atomic E-state index is 0.0868. The van der Waals surface area contributed by atoms with Crippen LogP contribution in [0.1, 0.15) is 13.8 Å². The van der Waals surface area contributed by atoms with E-state index < -0.39 is 9.84 Å². The van der Waals surface area contributed by atoms with E-state index in [4.69, 9.17) is 5.73 Å². The second-order valence-corrected chi connectivity index (χ2v) is 8.87. The lowest BCUT2D eigenvalue weighted by Gasteiger charge is -2.21. The molecular formula is C9H14BrNO2S2. The zero-order valence-corrected chi connectivity index (χ0v) is 11.9. The standard InChI is InChI=1S/C9H14BrNO2S2/c1-9(2,5-11)6-15(12,13)8-4-3-7(10)14-8/h3-4H,5-6,11H2,1-2H3. The Balaban J connectivity index is 2.95. The first kappa shape index (κ1) is 13.2. The van der Waals surface area contributed by atoms with E-state index in [2.05, 4.69) is 15.9 Å². The molecule has 0 saturated heterocycles. The van der Waals surface area contributed by atoms with Crippen LogP contribution in [0.15, 0.2) is 20.1 Å². The van der Waals surface area contributed by atoms with Gasteiger partial charge in [-0.3, -0.25) is 0 Å². The molecule has 1 aromatic rings. The summed E-state index contributed by atoms with van der Waals surface area (Å²) in [6.45, 7) is 4.07. The number of sulfone groups is 1. The van der Waals surface area contributed by atoms with E-state index in [1.807, 2.05) is 13.8 Å². The van der Waals surface area contributed by atoms with Crippen LogP contribution in [-0.4, -0.2) is 20.7 Å². The molecule has 0 atom stereocenters. The molecule has 0 aliphatic heterocycles. The number of halogens is 1. The molecule has 0 unspecified atom stereocenters. The zero-order chi connectivity index (χ0) is 11.7. The van der Waals surface area contributed by atoms with Gasteiger partial charge in [-0.15, -0.1) is 11.3 Å². The largest absolute Gasteiger partial charge is 0.330 e. The van der Waals surface area contributed by atoms with Gasteiger partial charge >= 0.3 is 0 Å². The van der Waals surface area contributed by atoms with Crippen molar-refractivity contribution in [2.75, 3.05) is 12.3 Å². The van der Waals surface area contributed by atoms with Crippen molar-refractivity contribution in [1.82, 2.24) is 0 Å². The Morgan fingerprint density at radius 3 is 2.47 bits per heavy atom. The van der Waals surface area contributed by atoms with E-state index in [0.29, 0.717) is 10.8 Å². The van der Waals surface area contributed by atoms with E-state index in [0.717, 1.165) is 3.79 Å². The van der Waals surface area contributed by atoms with Crippen LogP contribution in [0.2, 0.25) is 0 Å². The van der Waals surface area contributed by atoms with Crippen molar-refractivity contribution in [2.45, 2.75) is 18.1 Å². The highest BCUT2D eigenvalue weighted by atomic mass is 79.9. The molecule has 0 spiro atoms. The van der Waals surface area contributed by atoms with Crippen molar-refractivity contribution < 1.29 is 8.42 Å². The third-order valence-electron chi connectivity index (χ3n) is 1.99. The lowest BCUT2D eigenvalue weighted by atomic mass is 9.97. The Morgan fingerprint density at radius 2 is 2.07 bits per heavy atom. The summed E-state index contributed by atoms with van der Waals surface area (Å²) in [6, 6.07) is 3.36. The fourth-order valence-corrected chi connectivity index (χ4v) is 5.07. The molecule has 0 fully saturated rings. The van der Waals surface area contributed by atoms with E-state index in [-0.39, 0.29) is 11.2 Å². The number of hydrogen-bond donors (Lipinski definition) is 1. The summed E-state index contributed by atoms with van der Waals surface area (Å²) in [5, 5.41) is 0. The topological polar surface area (TPSA) is 60.2 Å². The van der Waals surface area contributed by atoms with E-state index in [9.17, 15) is 8.42 Å². The molecule has 1 aromatic heterocycles. The first-order chi connectivity index (χ1) is 6.77. The summed E-state index contributed by atoms with van der Waals surface area (Å²) >= 11 is 4.48. The second-order valence-electron chi connectivity index (χ2n) is 4.19. The van der Waals surface area contributed by atoms with Crippen molar-refractivity contribution in [3.63, 3.8) is 0 Å². The Hall–Kier alpha value is 0.0900. The summed E-state index contributed by atoms with van der Waals surface area (Å²) in [5.41, 5.74) is 5.15. The fourth-order valence-electron chi connectivity index (χ4n) is 1.11. The Kier molecular flexibility index (Phi) is 3.97. The molecule has 3 nitrogen and oxygen atoms in total. The molecule has 0 aliphatic carbocycles. The lowest BCUT2D eigenvalue weighted by molar-refractivity contribution is 0.425. The predicted molar refractivity (Wildman–Crippen MR) is 66.9 cm³/mol. The van der Waals surface area contributed by atoms with Gasteiger partial charge in [-0.2, -0.15) is 0 Å². The van der Waals surface area contributed by atoms with Crippen molar-refractivity contribution in [2.24, 2.45) is 11.1 Å². The van der Waals surface area contributed by atoms with Gasteiger partial charge in [0.2, 0.25) is 0 Å². The van der Waals surface area contributed by atoms with Crippen LogP contribution < -0.4 is 5.73 Å². The fraction of sp³-hybridized carbons (Fsp3) is 0.556. The van der Waals surface area contributed by atoms with Gasteiger partial charge < -0.3 is 5.73 Å². The molecular weight excluding hydrogens is 298 g/mol. The first-order valence-corrected chi connectivity index (χ1v) is 7.71. The third-order valence-corrected chi connectivity index (χ3v) is 6.33. The molecule has 15 heavy (non-hydrogen) atoms. The highest BCUT2D eigenvalue weighted by Crippen LogP contribution is 2.29. The van der Waals surface area contributed by atoms with Gasteiger partial charge in [0.15, 0.2) is 9.84 Å². The average molecular weight is 312 g/mol. The van der Waals surface area contributed by atoms with Crippen LogP contribution in [0.25, 0.3) is 0 Å². The van der Waals surface area contributed by atoms with E-state index in [1.165, 1.54) is 11.3 Å². The van der Waals surface area contributed by atoms with Crippen LogP contribution in [0, 0.1) is 5.41 Å². The van der Waals surface area contributed by atoms with Gasteiger partial charge in [0, 0.05) is 0 Å². The van der Waals surface area contributed by atoms with Crippen LogP contribution >= 0.6 is 27.3 Å². The maximum atomic E-state index is 12.0. The molecule has 1 heterocycles. The van der Waals surface area contributed by atoms with Gasteiger partial charge in [-0.25, -0.2) is 8.42 Å². The van der Waals surface area contributed by atoms with Gasteiger partial charge in [0.25, 0.3) is 0 Å². The lowest BCUT2D eigenvalue weighted by Crippen LogP contribution is -2.31. The summed E-state index contributed by atoms with van der Waals surface area (Å²) in [5.74, 6) is 0.0868. The third kappa shape index (κ3) is 3.55. The first-order valence-electron chi connectivity index (χ1n) is 4.45. The molecule has 86 valence electrons. The summed E-state index contributed by atoms with van der Waals surface area (Å²) in [7, 11) is -3.20. The predicted octanol–water partition coefficient (Wildman–Crippen LogP) is 2.27. The Bertz CT molecular complexity index is 437. The average Bonchev–Trinajstić information content (AvgIpc) is 2.51. The summed E-state index contributed by atoms with van der Waals surface area (Å²) in [4.78, 5) is 0.